The molecule has 0 bridgehead atoms. The van der Waals surface area contributed by atoms with Crippen LogP contribution in [0.2, 0.25) is 0 Å². The zero-order chi connectivity index (χ0) is 17.1. The number of phenolic OH excluding ortho intramolecular Hbond substituents is 1. The van der Waals surface area contributed by atoms with Crippen LogP contribution in [0.5, 0.6) is 11.5 Å². The SMILES string of the molecule is COc1ccc(O)c(CN2CCC[C@H](c3[nH]ncc3C(C)C)C2)c1. The molecule has 3 rings (SSSR count). The Morgan fingerprint density at radius 3 is 3.00 bits per heavy atom. The summed E-state index contributed by atoms with van der Waals surface area (Å²) >= 11 is 0. The number of hydrogen-bond donors (Lipinski definition) is 2. The summed E-state index contributed by atoms with van der Waals surface area (Å²) < 4.78 is 5.28. The van der Waals surface area contributed by atoms with Gasteiger partial charge in [0.05, 0.1) is 13.3 Å². The van der Waals surface area contributed by atoms with Crippen LogP contribution in [-0.2, 0) is 6.54 Å². The lowest BCUT2D eigenvalue weighted by atomic mass is 9.89. The molecule has 130 valence electrons. The molecule has 1 aliphatic rings. The van der Waals surface area contributed by atoms with Gasteiger partial charge in [0.15, 0.2) is 0 Å². The summed E-state index contributed by atoms with van der Waals surface area (Å²) in [5, 5.41) is 17.6. The van der Waals surface area contributed by atoms with Crippen molar-refractivity contribution in [1.29, 1.82) is 0 Å². The van der Waals surface area contributed by atoms with Gasteiger partial charge in [-0.2, -0.15) is 5.10 Å². The lowest BCUT2D eigenvalue weighted by Gasteiger charge is -2.33. The second-order valence-corrected chi connectivity index (χ2v) is 6.96. The van der Waals surface area contributed by atoms with E-state index in [0.29, 0.717) is 17.6 Å². The van der Waals surface area contributed by atoms with Crippen LogP contribution < -0.4 is 4.74 Å². The van der Waals surface area contributed by atoms with Gasteiger partial charge >= 0.3 is 0 Å². The van der Waals surface area contributed by atoms with Crippen LogP contribution in [0.15, 0.2) is 24.4 Å². The Bertz CT molecular complexity index is 681. The summed E-state index contributed by atoms with van der Waals surface area (Å²) in [5.41, 5.74) is 3.53. The number of hydrogen-bond acceptors (Lipinski definition) is 4. The van der Waals surface area contributed by atoms with Crippen molar-refractivity contribution < 1.29 is 9.84 Å². The molecule has 2 aromatic rings. The van der Waals surface area contributed by atoms with Gasteiger partial charge in [-0.1, -0.05) is 13.8 Å². The molecule has 0 radical (unpaired) electrons. The topological polar surface area (TPSA) is 61.4 Å². The molecule has 0 aliphatic carbocycles. The van der Waals surface area contributed by atoms with Gasteiger partial charge in [0.25, 0.3) is 0 Å². The second kappa shape index (κ2) is 7.26. The Kier molecular flexibility index (Phi) is 5.09. The normalized spacial score (nSPS) is 18.9. The third-order valence-corrected chi connectivity index (χ3v) is 4.92. The Labute approximate surface area is 143 Å². The number of nitrogens with zero attached hydrogens (tertiary/aromatic N) is 2. The van der Waals surface area contributed by atoms with Gasteiger partial charge in [-0.25, -0.2) is 0 Å². The van der Waals surface area contributed by atoms with E-state index in [0.717, 1.165) is 37.4 Å². The number of phenols is 1. The molecule has 1 fully saturated rings. The van der Waals surface area contributed by atoms with Crippen molar-refractivity contribution in [1.82, 2.24) is 15.1 Å². The van der Waals surface area contributed by atoms with E-state index in [-0.39, 0.29) is 0 Å². The van der Waals surface area contributed by atoms with Gasteiger partial charge in [-0.3, -0.25) is 10.00 Å². The van der Waals surface area contributed by atoms with Crippen molar-refractivity contribution >= 4 is 0 Å². The quantitative estimate of drug-likeness (QED) is 0.879. The molecular formula is C19H27N3O2. The van der Waals surface area contributed by atoms with Crippen LogP contribution in [0.3, 0.4) is 0 Å². The molecule has 0 spiro atoms. The first-order valence-electron chi connectivity index (χ1n) is 8.70. The van der Waals surface area contributed by atoms with Crippen LogP contribution in [0.4, 0.5) is 0 Å². The number of piperidine rings is 1. The number of likely N-dealkylation sites (tertiary alicyclic amines) is 1. The molecule has 5 heteroatoms. The molecule has 0 saturated carbocycles. The van der Waals surface area contributed by atoms with Gasteiger partial charge in [-0.15, -0.1) is 0 Å². The van der Waals surface area contributed by atoms with E-state index >= 15 is 0 Å². The van der Waals surface area contributed by atoms with Crippen LogP contribution >= 0.6 is 0 Å². The third-order valence-electron chi connectivity index (χ3n) is 4.92. The van der Waals surface area contributed by atoms with Crippen LogP contribution in [0.25, 0.3) is 0 Å². The van der Waals surface area contributed by atoms with Gasteiger partial charge in [-0.05, 0) is 49.1 Å². The number of ether oxygens (including phenoxy) is 1. The first kappa shape index (κ1) is 16.8. The van der Waals surface area contributed by atoms with Crippen molar-refractivity contribution in [2.45, 2.75) is 45.1 Å². The average molecular weight is 329 g/mol. The molecule has 1 saturated heterocycles. The van der Waals surface area contributed by atoms with E-state index in [1.165, 1.54) is 17.7 Å². The van der Waals surface area contributed by atoms with Gasteiger partial charge < -0.3 is 9.84 Å². The first-order valence-corrected chi connectivity index (χ1v) is 8.70. The van der Waals surface area contributed by atoms with E-state index in [1.54, 1.807) is 19.2 Å². The minimum absolute atomic E-state index is 0.335. The molecule has 1 aromatic carbocycles. The highest BCUT2D eigenvalue weighted by Crippen LogP contribution is 2.32. The largest absolute Gasteiger partial charge is 0.508 e. The Balaban J connectivity index is 1.73. The molecule has 1 atom stereocenters. The minimum Gasteiger partial charge on any atom is -0.508 e. The van der Waals surface area contributed by atoms with Crippen molar-refractivity contribution in [3.63, 3.8) is 0 Å². The van der Waals surface area contributed by atoms with Gasteiger partial charge in [0.1, 0.15) is 11.5 Å². The maximum Gasteiger partial charge on any atom is 0.120 e. The highest BCUT2D eigenvalue weighted by atomic mass is 16.5. The minimum atomic E-state index is 0.335. The lowest BCUT2D eigenvalue weighted by molar-refractivity contribution is 0.196. The molecule has 1 aliphatic heterocycles. The summed E-state index contributed by atoms with van der Waals surface area (Å²) in [4.78, 5) is 2.41. The van der Waals surface area contributed by atoms with Crippen molar-refractivity contribution in [3.8, 4) is 11.5 Å². The fraction of sp³-hybridized carbons (Fsp3) is 0.526. The summed E-state index contributed by atoms with van der Waals surface area (Å²) in [7, 11) is 1.65. The Morgan fingerprint density at radius 1 is 1.42 bits per heavy atom. The zero-order valence-electron chi connectivity index (χ0n) is 14.7. The van der Waals surface area contributed by atoms with Gasteiger partial charge in [0, 0.05) is 30.3 Å². The van der Waals surface area contributed by atoms with Crippen molar-refractivity contribution in [2.24, 2.45) is 0 Å². The predicted octanol–water partition coefficient (Wildman–Crippen LogP) is 3.63. The number of benzene rings is 1. The van der Waals surface area contributed by atoms with Crippen LogP contribution in [0.1, 0.15) is 55.3 Å². The van der Waals surface area contributed by atoms with Crippen LogP contribution in [0, 0.1) is 0 Å². The van der Waals surface area contributed by atoms with Crippen molar-refractivity contribution in [2.75, 3.05) is 20.2 Å². The fourth-order valence-electron chi connectivity index (χ4n) is 3.58. The maximum atomic E-state index is 10.1. The number of H-pyrrole nitrogens is 1. The Hall–Kier alpha value is -2.01. The standard InChI is InChI=1S/C19H27N3O2/c1-13(2)17-10-20-21-19(17)14-5-4-8-22(11-14)12-15-9-16(24-3)6-7-18(15)23/h6-7,9-10,13-14,23H,4-5,8,11-12H2,1-3H3,(H,20,21)/t14-/m0/s1. The summed E-state index contributed by atoms with van der Waals surface area (Å²) in [6.07, 6.45) is 4.31. The molecule has 0 unspecified atom stereocenters. The van der Waals surface area contributed by atoms with E-state index < -0.39 is 0 Å². The molecule has 5 nitrogen and oxygen atoms in total. The lowest BCUT2D eigenvalue weighted by Crippen LogP contribution is -2.34. The molecular weight excluding hydrogens is 302 g/mol. The molecule has 0 amide bonds. The van der Waals surface area contributed by atoms with E-state index in [4.69, 9.17) is 4.74 Å². The maximum absolute atomic E-state index is 10.1. The predicted molar refractivity (Wildman–Crippen MR) is 94.6 cm³/mol. The summed E-state index contributed by atoms with van der Waals surface area (Å²) in [6, 6.07) is 5.42. The monoisotopic (exact) mass is 329 g/mol. The number of aromatic hydroxyl groups is 1. The molecule has 1 aromatic heterocycles. The molecule has 2 heterocycles. The molecule has 2 N–H and O–H groups in total. The smallest absolute Gasteiger partial charge is 0.120 e. The third kappa shape index (κ3) is 3.56. The fourth-order valence-corrected chi connectivity index (χ4v) is 3.58. The number of nitrogens with one attached hydrogen (secondary N) is 1. The van der Waals surface area contributed by atoms with E-state index in [1.807, 2.05) is 12.3 Å². The van der Waals surface area contributed by atoms with Gasteiger partial charge in [0.2, 0.25) is 0 Å². The first-order chi connectivity index (χ1) is 11.6. The Morgan fingerprint density at radius 2 is 2.25 bits per heavy atom. The second-order valence-electron chi connectivity index (χ2n) is 6.96. The van der Waals surface area contributed by atoms with Crippen LogP contribution in [-0.4, -0.2) is 40.4 Å². The van der Waals surface area contributed by atoms with Crippen molar-refractivity contribution in [3.05, 3.63) is 41.2 Å². The van der Waals surface area contributed by atoms with E-state index in [2.05, 4.69) is 28.9 Å². The average Bonchev–Trinajstić information content (AvgIpc) is 3.07. The zero-order valence-corrected chi connectivity index (χ0v) is 14.7. The van der Waals surface area contributed by atoms with E-state index in [9.17, 15) is 5.11 Å². The summed E-state index contributed by atoms with van der Waals surface area (Å²) in [6.45, 7) is 7.20. The highest BCUT2D eigenvalue weighted by molar-refractivity contribution is 5.39. The number of aromatic nitrogens is 2. The summed E-state index contributed by atoms with van der Waals surface area (Å²) in [5.74, 6) is 2.08. The number of aromatic amines is 1. The molecule has 24 heavy (non-hydrogen) atoms. The number of methoxy groups -OCH3 is 1. The number of rotatable bonds is 5. The highest BCUT2D eigenvalue weighted by Gasteiger charge is 2.26.